The maximum Gasteiger partial charge on any atom is 0.221 e. The number of rotatable bonds is 6. The molecule has 0 bridgehead atoms. The monoisotopic (exact) mass is 375 g/mol. The van der Waals surface area contributed by atoms with Gasteiger partial charge < -0.3 is 5.32 Å². The van der Waals surface area contributed by atoms with Crippen molar-refractivity contribution in [3.8, 4) is 0 Å². The minimum Gasteiger partial charge on any atom is -0.342 e. The number of nitrogens with one attached hydrogen (secondary N) is 2. The zero-order valence-electron chi connectivity index (χ0n) is 13.1. The molecule has 1 amide bonds. The third kappa shape index (κ3) is 4.35. The second-order valence-corrected chi connectivity index (χ2v) is 6.20. The van der Waals surface area contributed by atoms with Gasteiger partial charge in [-0.2, -0.15) is 5.21 Å². The molecule has 0 saturated heterocycles. The van der Waals surface area contributed by atoms with Crippen LogP contribution in [0.1, 0.15) is 29.4 Å². The highest BCUT2D eigenvalue weighted by atomic mass is 35.5. The van der Waals surface area contributed by atoms with Gasteiger partial charge in [0.15, 0.2) is 0 Å². The first-order valence-electron chi connectivity index (χ1n) is 7.65. The van der Waals surface area contributed by atoms with Crippen LogP contribution in [-0.2, 0) is 11.2 Å². The number of halogens is 2. The quantitative estimate of drug-likeness (QED) is 0.691. The van der Waals surface area contributed by atoms with Crippen molar-refractivity contribution in [2.75, 3.05) is 0 Å². The van der Waals surface area contributed by atoms with Crippen LogP contribution in [-0.4, -0.2) is 26.5 Å². The van der Waals surface area contributed by atoms with Crippen LogP contribution >= 0.6 is 23.2 Å². The molecule has 8 heteroatoms. The number of carbonyl (C=O) groups is 1. The largest absolute Gasteiger partial charge is 0.342 e. The number of aromatic amines is 1. The van der Waals surface area contributed by atoms with Gasteiger partial charge in [-0.15, -0.1) is 10.2 Å². The van der Waals surface area contributed by atoms with Gasteiger partial charge >= 0.3 is 0 Å². The number of carbonyl (C=O) groups excluding carboxylic acids is 1. The van der Waals surface area contributed by atoms with Crippen molar-refractivity contribution in [1.82, 2.24) is 25.9 Å². The fourth-order valence-corrected chi connectivity index (χ4v) is 3.06. The van der Waals surface area contributed by atoms with Crippen LogP contribution in [0.15, 0.2) is 48.5 Å². The Morgan fingerprint density at radius 3 is 2.44 bits per heavy atom. The van der Waals surface area contributed by atoms with Crippen LogP contribution in [0.4, 0.5) is 0 Å². The fraction of sp³-hybridized carbons (Fsp3) is 0.176. The molecule has 1 atom stereocenters. The molecule has 1 heterocycles. The van der Waals surface area contributed by atoms with Crippen molar-refractivity contribution in [3.05, 3.63) is 75.5 Å². The molecule has 0 aliphatic heterocycles. The number of hydrogen-bond donors (Lipinski definition) is 2. The van der Waals surface area contributed by atoms with Crippen LogP contribution in [0.3, 0.4) is 0 Å². The molecule has 1 aromatic heterocycles. The molecule has 0 aliphatic rings. The number of tetrazole rings is 1. The van der Waals surface area contributed by atoms with Crippen LogP contribution in [0.2, 0.25) is 10.0 Å². The van der Waals surface area contributed by atoms with E-state index < -0.39 is 6.04 Å². The molecule has 3 rings (SSSR count). The molecule has 128 valence electrons. The summed E-state index contributed by atoms with van der Waals surface area (Å²) in [7, 11) is 0. The third-order valence-electron chi connectivity index (χ3n) is 3.72. The maximum absolute atomic E-state index is 12.4. The Kier molecular flexibility index (Phi) is 5.63. The first-order chi connectivity index (χ1) is 12.1. The van der Waals surface area contributed by atoms with E-state index in [9.17, 15) is 4.79 Å². The second-order valence-electron chi connectivity index (χ2n) is 5.38. The van der Waals surface area contributed by atoms with Gasteiger partial charge in [0.25, 0.3) is 0 Å². The lowest BCUT2D eigenvalue weighted by molar-refractivity contribution is -0.121. The predicted molar refractivity (Wildman–Crippen MR) is 95.4 cm³/mol. The highest BCUT2D eigenvalue weighted by Gasteiger charge is 2.21. The Morgan fingerprint density at radius 1 is 1.08 bits per heavy atom. The molecule has 0 fully saturated rings. The molecular weight excluding hydrogens is 361 g/mol. The van der Waals surface area contributed by atoms with E-state index in [0.717, 1.165) is 11.1 Å². The molecule has 1 unspecified atom stereocenters. The van der Waals surface area contributed by atoms with E-state index >= 15 is 0 Å². The van der Waals surface area contributed by atoms with Gasteiger partial charge in [-0.25, -0.2) is 0 Å². The molecule has 25 heavy (non-hydrogen) atoms. The molecule has 3 aromatic rings. The van der Waals surface area contributed by atoms with Crippen molar-refractivity contribution >= 4 is 29.1 Å². The highest BCUT2D eigenvalue weighted by molar-refractivity contribution is 6.36. The normalized spacial score (nSPS) is 11.9. The summed E-state index contributed by atoms with van der Waals surface area (Å²) in [6.45, 7) is 0. The van der Waals surface area contributed by atoms with E-state index in [4.69, 9.17) is 23.2 Å². The summed E-state index contributed by atoms with van der Waals surface area (Å²) in [5, 5.41) is 18.0. The summed E-state index contributed by atoms with van der Waals surface area (Å²) in [5.74, 6) is 0.241. The van der Waals surface area contributed by atoms with E-state index in [1.165, 1.54) is 0 Å². The van der Waals surface area contributed by atoms with E-state index in [1.807, 2.05) is 30.3 Å². The highest BCUT2D eigenvalue weighted by Crippen LogP contribution is 2.25. The first-order valence-corrected chi connectivity index (χ1v) is 8.41. The predicted octanol–water partition coefficient (Wildman–Crippen LogP) is 3.34. The second kappa shape index (κ2) is 8.09. The zero-order chi connectivity index (χ0) is 17.6. The molecular formula is C17H15Cl2N5O. The van der Waals surface area contributed by atoms with E-state index in [0.29, 0.717) is 22.3 Å². The number of amides is 1. The molecule has 2 N–H and O–H groups in total. The SMILES string of the molecule is O=C(CCc1c(Cl)cccc1Cl)NC(c1ccccc1)c1nn[nH]n1. The van der Waals surface area contributed by atoms with Gasteiger partial charge in [-0.1, -0.05) is 64.8 Å². The molecule has 2 aromatic carbocycles. The Labute approximate surface area is 154 Å². The Morgan fingerprint density at radius 2 is 1.80 bits per heavy atom. The summed E-state index contributed by atoms with van der Waals surface area (Å²) >= 11 is 12.3. The van der Waals surface area contributed by atoms with Gasteiger partial charge in [0, 0.05) is 16.5 Å². The van der Waals surface area contributed by atoms with Crippen molar-refractivity contribution in [1.29, 1.82) is 0 Å². The van der Waals surface area contributed by atoms with Gasteiger partial charge in [0.05, 0.1) is 0 Å². The minimum absolute atomic E-state index is 0.158. The number of H-pyrrole nitrogens is 1. The fourth-order valence-electron chi connectivity index (χ4n) is 2.48. The molecule has 0 aliphatic carbocycles. The number of benzene rings is 2. The Hall–Kier alpha value is -2.44. The van der Waals surface area contributed by atoms with Gasteiger partial charge in [0.2, 0.25) is 11.7 Å². The average molecular weight is 376 g/mol. The maximum atomic E-state index is 12.4. The lowest BCUT2D eigenvalue weighted by Gasteiger charge is -2.16. The van der Waals surface area contributed by atoms with Crippen LogP contribution in [0.25, 0.3) is 0 Å². The van der Waals surface area contributed by atoms with Crippen molar-refractivity contribution < 1.29 is 4.79 Å². The van der Waals surface area contributed by atoms with E-state index in [-0.39, 0.29) is 12.3 Å². The summed E-state index contributed by atoms with van der Waals surface area (Å²) < 4.78 is 0. The lowest BCUT2D eigenvalue weighted by Crippen LogP contribution is -2.30. The number of aromatic nitrogens is 4. The van der Waals surface area contributed by atoms with Crippen molar-refractivity contribution in [3.63, 3.8) is 0 Å². The number of nitrogens with zero attached hydrogens (tertiary/aromatic N) is 3. The summed E-state index contributed by atoms with van der Waals surface area (Å²) in [4.78, 5) is 12.4. The van der Waals surface area contributed by atoms with Gasteiger partial charge in [0.1, 0.15) is 6.04 Å². The molecule has 0 spiro atoms. The Bertz CT molecular complexity index is 819. The standard InChI is InChI=1S/C17H15Cl2N5O/c18-13-7-4-8-14(19)12(13)9-10-15(25)20-16(17-21-23-24-22-17)11-5-2-1-3-6-11/h1-8,16H,9-10H2,(H,20,25)(H,21,22,23,24). The third-order valence-corrected chi connectivity index (χ3v) is 4.43. The summed E-state index contributed by atoms with van der Waals surface area (Å²) in [6, 6.07) is 14.3. The van der Waals surface area contributed by atoms with E-state index in [1.54, 1.807) is 18.2 Å². The van der Waals surface area contributed by atoms with Gasteiger partial charge in [-0.3, -0.25) is 4.79 Å². The first kappa shape index (κ1) is 17.4. The number of hydrogen-bond acceptors (Lipinski definition) is 4. The molecule has 0 radical (unpaired) electrons. The minimum atomic E-state index is -0.478. The topological polar surface area (TPSA) is 83.6 Å². The van der Waals surface area contributed by atoms with Crippen LogP contribution in [0.5, 0.6) is 0 Å². The average Bonchev–Trinajstić information content (AvgIpc) is 3.14. The molecule has 0 saturated carbocycles. The Balaban J connectivity index is 1.71. The van der Waals surface area contributed by atoms with Crippen molar-refractivity contribution in [2.24, 2.45) is 0 Å². The summed E-state index contributed by atoms with van der Waals surface area (Å²) in [5.41, 5.74) is 1.63. The zero-order valence-corrected chi connectivity index (χ0v) is 14.6. The summed E-state index contributed by atoms with van der Waals surface area (Å²) in [6.07, 6.45) is 0.683. The van der Waals surface area contributed by atoms with Crippen LogP contribution < -0.4 is 5.32 Å². The lowest BCUT2D eigenvalue weighted by atomic mass is 10.1. The van der Waals surface area contributed by atoms with E-state index in [2.05, 4.69) is 25.9 Å². The van der Waals surface area contributed by atoms with Crippen LogP contribution in [0, 0.1) is 0 Å². The smallest absolute Gasteiger partial charge is 0.221 e. The molecule has 6 nitrogen and oxygen atoms in total. The van der Waals surface area contributed by atoms with Gasteiger partial charge in [-0.05, 0) is 29.7 Å². The van der Waals surface area contributed by atoms with Crippen molar-refractivity contribution in [2.45, 2.75) is 18.9 Å².